The van der Waals surface area contributed by atoms with Crippen LogP contribution in [0.2, 0.25) is 0 Å². The Balaban J connectivity index is 2.39. The van der Waals surface area contributed by atoms with E-state index < -0.39 is 0 Å². The zero-order valence-corrected chi connectivity index (χ0v) is 8.14. The average molecular weight is 203 g/mol. The minimum absolute atomic E-state index is 0.361. The lowest BCUT2D eigenvalue weighted by atomic mass is 10.1. The normalized spacial score (nSPS) is 9.93. The van der Waals surface area contributed by atoms with Crippen molar-refractivity contribution in [2.75, 3.05) is 7.11 Å². The summed E-state index contributed by atoms with van der Waals surface area (Å²) >= 11 is 0. The Morgan fingerprint density at radius 2 is 2.33 bits per heavy atom. The maximum Gasteiger partial charge on any atom is 0.337 e. The van der Waals surface area contributed by atoms with E-state index in [4.69, 9.17) is 4.42 Å². The molecule has 0 spiro atoms. The molecule has 0 unspecified atom stereocenters. The van der Waals surface area contributed by atoms with Crippen LogP contribution < -0.4 is 0 Å². The summed E-state index contributed by atoms with van der Waals surface area (Å²) in [5.41, 5.74) is 2.02. The lowest BCUT2D eigenvalue weighted by Crippen LogP contribution is -2.00. The third-order valence-electron chi connectivity index (χ3n) is 2.01. The third-order valence-corrected chi connectivity index (χ3v) is 2.01. The number of nitrogens with zero attached hydrogens (tertiary/aromatic N) is 1. The smallest absolute Gasteiger partial charge is 0.337 e. The van der Waals surface area contributed by atoms with Crippen molar-refractivity contribution in [1.29, 1.82) is 0 Å². The summed E-state index contributed by atoms with van der Waals surface area (Å²) in [4.78, 5) is 15.3. The Morgan fingerprint density at radius 3 is 3.00 bits per heavy atom. The Kier molecular flexibility index (Phi) is 2.49. The first kappa shape index (κ1) is 9.45. The Hall–Kier alpha value is -2.10. The van der Waals surface area contributed by atoms with Gasteiger partial charge >= 0.3 is 5.97 Å². The van der Waals surface area contributed by atoms with Crippen molar-refractivity contribution < 1.29 is 13.9 Å². The van der Waals surface area contributed by atoms with Crippen LogP contribution >= 0.6 is 0 Å². The number of aromatic nitrogens is 1. The molecule has 0 aliphatic carbocycles. The van der Waals surface area contributed by atoms with E-state index in [9.17, 15) is 4.79 Å². The van der Waals surface area contributed by atoms with Gasteiger partial charge in [0, 0.05) is 5.56 Å². The number of ether oxygens (including phenoxy) is 1. The van der Waals surface area contributed by atoms with Crippen LogP contribution in [-0.2, 0) is 4.74 Å². The first-order valence-corrected chi connectivity index (χ1v) is 4.38. The number of carbonyl (C=O) groups excluding carboxylic acids is 1. The first-order chi connectivity index (χ1) is 7.31. The van der Waals surface area contributed by atoms with E-state index in [0.717, 1.165) is 5.56 Å². The maximum absolute atomic E-state index is 11.3. The summed E-state index contributed by atoms with van der Waals surface area (Å²) in [5.74, 6) is -0.361. The van der Waals surface area contributed by atoms with Crippen molar-refractivity contribution in [2.24, 2.45) is 0 Å². The zero-order valence-electron chi connectivity index (χ0n) is 8.14. The minimum atomic E-state index is -0.361. The highest BCUT2D eigenvalue weighted by atomic mass is 16.5. The minimum Gasteiger partial charge on any atom is -0.465 e. The maximum atomic E-state index is 11.3. The van der Waals surface area contributed by atoms with Crippen molar-refractivity contribution in [1.82, 2.24) is 4.98 Å². The molecule has 1 heterocycles. The van der Waals surface area contributed by atoms with E-state index >= 15 is 0 Å². The van der Waals surface area contributed by atoms with Gasteiger partial charge in [-0.25, -0.2) is 9.78 Å². The van der Waals surface area contributed by atoms with Gasteiger partial charge in [0.1, 0.15) is 12.0 Å². The molecule has 0 bridgehead atoms. The molecule has 0 saturated heterocycles. The lowest BCUT2D eigenvalue weighted by Gasteiger charge is -2.00. The predicted molar refractivity (Wildman–Crippen MR) is 53.3 cm³/mol. The number of hydrogen-bond donors (Lipinski definition) is 0. The number of methoxy groups -OCH3 is 1. The van der Waals surface area contributed by atoms with Crippen LogP contribution in [0.25, 0.3) is 11.3 Å². The Morgan fingerprint density at radius 1 is 1.47 bits per heavy atom. The molecule has 76 valence electrons. The molecule has 0 aliphatic heterocycles. The van der Waals surface area contributed by atoms with E-state index in [1.165, 1.54) is 19.8 Å². The molecule has 15 heavy (non-hydrogen) atoms. The highest BCUT2D eigenvalue weighted by molar-refractivity contribution is 5.90. The SMILES string of the molecule is COC(=O)c1cccc(-c2cocn2)c1. The van der Waals surface area contributed by atoms with E-state index in [1.807, 2.05) is 6.07 Å². The number of oxazole rings is 1. The van der Waals surface area contributed by atoms with Crippen molar-refractivity contribution in [3.05, 3.63) is 42.5 Å². The molecule has 0 aliphatic rings. The molecule has 4 heteroatoms. The quantitative estimate of drug-likeness (QED) is 0.701. The zero-order chi connectivity index (χ0) is 10.7. The number of esters is 1. The van der Waals surface area contributed by atoms with Gasteiger partial charge in [0.05, 0.1) is 12.7 Å². The second-order valence-corrected chi connectivity index (χ2v) is 2.95. The molecular weight excluding hydrogens is 194 g/mol. The molecule has 2 rings (SSSR count). The van der Waals surface area contributed by atoms with Gasteiger partial charge in [-0.2, -0.15) is 0 Å². The molecular formula is C11H9NO3. The molecule has 0 radical (unpaired) electrons. The Labute approximate surface area is 86.5 Å². The molecule has 0 atom stereocenters. The van der Waals surface area contributed by atoms with Crippen molar-refractivity contribution in [3.8, 4) is 11.3 Å². The van der Waals surface area contributed by atoms with Gasteiger partial charge in [-0.15, -0.1) is 0 Å². The van der Waals surface area contributed by atoms with Crippen LogP contribution in [-0.4, -0.2) is 18.1 Å². The van der Waals surface area contributed by atoms with Crippen LogP contribution in [0.15, 0.2) is 41.3 Å². The van der Waals surface area contributed by atoms with E-state index in [1.54, 1.807) is 18.2 Å². The fourth-order valence-electron chi connectivity index (χ4n) is 1.28. The second kappa shape index (κ2) is 3.96. The number of benzene rings is 1. The van der Waals surface area contributed by atoms with Crippen LogP contribution in [0.3, 0.4) is 0 Å². The van der Waals surface area contributed by atoms with Crippen LogP contribution in [0.1, 0.15) is 10.4 Å². The lowest BCUT2D eigenvalue weighted by molar-refractivity contribution is 0.0601. The van der Waals surface area contributed by atoms with E-state index in [0.29, 0.717) is 11.3 Å². The molecule has 0 amide bonds. The van der Waals surface area contributed by atoms with Crippen molar-refractivity contribution >= 4 is 5.97 Å². The monoisotopic (exact) mass is 203 g/mol. The molecule has 2 aromatic rings. The van der Waals surface area contributed by atoms with Gasteiger partial charge < -0.3 is 9.15 Å². The summed E-state index contributed by atoms with van der Waals surface area (Å²) in [6.45, 7) is 0. The summed E-state index contributed by atoms with van der Waals surface area (Å²) in [5, 5.41) is 0. The number of carbonyl (C=O) groups is 1. The number of hydrogen-bond acceptors (Lipinski definition) is 4. The summed E-state index contributed by atoms with van der Waals surface area (Å²) in [6, 6.07) is 7.03. The van der Waals surface area contributed by atoms with Gasteiger partial charge in [-0.3, -0.25) is 0 Å². The highest BCUT2D eigenvalue weighted by Crippen LogP contribution is 2.18. The Bertz CT molecular complexity index is 462. The molecule has 0 N–H and O–H groups in total. The highest BCUT2D eigenvalue weighted by Gasteiger charge is 2.07. The average Bonchev–Trinajstić information content (AvgIpc) is 2.82. The third kappa shape index (κ3) is 1.88. The van der Waals surface area contributed by atoms with Crippen LogP contribution in [0, 0.1) is 0 Å². The second-order valence-electron chi connectivity index (χ2n) is 2.95. The van der Waals surface area contributed by atoms with E-state index in [2.05, 4.69) is 9.72 Å². The number of rotatable bonds is 2. The fraction of sp³-hybridized carbons (Fsp3) is 0.0909. The first-order valence-electron chi connectivity index (χ1n) is 4.38. The summed E-state index contributed by atoms with van der Waals surface area (Å²) < 4.78 is 9.49. The topological polar surface area (TPSA) is 52.3 Å². The molecule has 4 nitrogen and oxygen atoms in total. The largest absolute Gasteiger partial charge is 0.465 e. The standard InChI is InChI=1S/C11H9NO3/c1-14-11(13)9-4-2-3-8(5-9)10-6-15-7-12-10/h2-7H,1H3. The van der Waals surface area contributed by atoms with Crippen molar-refractivity contribution in [3.63, 3.8) is 0 Å². The van der Waals surface area contributed by atoms with Gasteiger partial charge in [0.25, 0.3) is 0 Å². The molecule has 0 saturated carbocycles. The van der Waals surface area contributed by atoms with Crippen LogP contribution in [0.4, 0.5) is 0 Å². The van der Waals surface area contributed by atoms with Gasteiger partial charge in [0.2, 0.25) is 0 Å². The molecule has 1 aromatic carbocycles. The van der Waals surface area contributed by atoms with Gasteiger partial charge in [-0.1, -0.05) is 12.1 Å². The predicted octanol–water partition coefficient (Wildman–Crippen LogP) is 2.13. The van der Waals surface area contributed by atoms with E-state index in [-0.39, 0.29) is 5.97 Å². The summed E-state index contributed by atoms with van der Waals surface area (Å²) in [6.07, 6.45) is 2.87. The van der Waals surface area contributed by atoms with Crippen molar-refractivity contribution in [2.45, 2.75) is 0 Å². The molecule has 1 aromatic heterocycles. The molecule has 0 fully saturated rings. The van der Waals surface area contributed by atoms with Crippen LogP contribution in [0.5, 0.6) is 0 Å². The fourth-order valence-corrected chi connectivity index (χ4v) is 1.28. The summed E-state index contributed by atoms with van der Waals surface area (Å²) in [7, 11) is 1.35. The van der Waals surface area contributed by atoms with Gasteiger partial charge in [0.15, 0.2) is 6.39 Å². The van der Waals surface area contributed by atoms with Gasteiger partial charge in [-0.05, 0) is 12.1 Å².